The molecule has 4 aromatic rings. The average Bonchev–Trinajstić information content (AvgIpc) is 2.83. The zero-order chi connectivity index (χ0) is 26.0. The Morgan fingerprint density at radius 3 is 2.58 bits per heavy atom. The van der Waals surface area contributed by atoms with Crippen LogP contribution >= 0.6 is 11.6 Å². The monoisotopic (exact) mass is 516 g/mol. The molecule has 0 saturated carbocycles. The Bertz CT molecular complexity index is 1530. The van der Waals surface area contributed by atoms with E-state index in [-0.39, 0.29) is 42.8 Å². The molecule has 0 aliphatic heterocycles. The van der Waals surface area contributed by atoms with Crippen LogP contribution in [-0.2, 0) is 20.0 Å². The van der Waals surface area contributed by atoms with Crippen molar-refractivity contribution in [1.29, 1.82) is 0 Å². The van der Waals surface area contributed by atoms with Crippen LogP contribution in [0.4, 0.5) is 8.78 Å². The predicted octanol–water partition coefficient (Wildman–Crippen LogP) is 3.78. The molecule has 1 N–H and O–H groups in total. The second-order valence-electron chi connectivity index (χ2n) is 8.31. The average molecular weight is 517 g/mol. The molecule has 0 spiro atoms. The largest absolute Gasteiger partial charge is 0.433 e. The van der Waals surface area contributed by atoms with Gasteiger partial charge in [-0.05, 0) is 41.8 Å². The summed E-state index contributed by atoms with van der Waals surface area (Å²) in [5.41, 5.74) is 1.14. The molecule has 0 amide bonds. The molecular formula is C25H23ClF2N4O4. The summed E-state index contributed by atoms with van der Waals surface area (Å²) in [7, 11) is 1.51. The minimum Gasteiger partial charge on any atom is -0.433 e. The van der Waals surface area contributed by atoms with Crippen molar-refractivity contribution < 1.29 is 18.6 Å². The van der Waals surface area contributed by atoms with Gasteiger partial charge in [-0.3, -0.25) is 18.9 Å². The van der Waals surface area contributed by atoms with Crippen LogP contribution in [0.2, 0.25) is 5.02 Å². The van der Waals surface area contributed by atoms with Gasteiger partial charge in [0.15, 0.2) is 0 Å². The lowest BCUT2D eigenvalue weighted by Gasteiger charge is -2.17. The summed E-state index contributed by atoms with van der Waals surface area (Å²) in [6, 6.07) is 9.47. The van der Waals surface area contributed by atoms with Crippen LogP contribution in [-0.4, -0.2) is 36.9 Å². The van der Waals surface area contributed by atoms with Crippen LogP contribution in [0.15, 0.2) is 58.4 Å². The molecule has 3 aromatic heterocycles. The maximum atomic E-state index is 13.6. The molecule has 0 atom stereocenters. The predicted molar refractivity (Wildman–Crippen MR) is 132 cm³/mol. The van der Waals surface area contributed by atoms with E-state index in [0.717, 1.165) is 4.57 Å². The van der Waals surface area contributed by atoms with Gasteiger partial charge in [0.05, 0.1) is 10.4 Å². The van der Waals surface area contributed by atoms with E-state index in [2.05, 4.69) is 9.97 Å². The standard InChI is InChI=1S/C25H23ClF2N4O4/c1-25(27,28)36-18-6-3-5-15(11-18)20-14-30-22-21(19(20)12-17-8-7-16(26)13-29-17)23(34)32(9-4-10-33)24(35)31(22)2/h3,5-8,11,13-14,33H,4,9-10,12H2,1-2H3. The van der Waals surface area contributed by atoms with Crippen LogP contribution in [0.25, 0.3) is 22.2 Å². The van der Waals surface area contributed by atoms with Gasteiger partial charge in [0.1, 0.15) is 11.4 Å². The number of ether oxygens (including phenoxy) is 1. The topological polar surface area (TPSA) is 99.2 Å². The normalized spacial score (nSPS) is 11.7. The van der Waals surface area contributed by atoms with Crippen LogP contribution in [0, 0.1) is 0 Å². The Hall–Kier alpha value is -3.63. The number of pyridine rings is 2. The first kappa shape index (κ1) is 25.5. The second-order valence-corrected chi connectivity index (χ2v) is 8.74. The van der Waals surface area contributed by atoms with Gasteiger partial charge in [-0.25, -0.2) is 9.78 Å². The smallest absolute Gasteiger partial charge is 0.394 e. The number of rotatable bonds is 8. The third-order valence-electron chi connectivity index (χ3n) is 5.59. The van der Waals surface area contributed by atoms with Crippen LogP contribution in [0.3, 0.4) is 0 Å². The number of aromatic nitrogens is 4. The van der Waals surface area contributed by atoms with Crippen molar-refractivity contribution in [3.05, 3.63) is 85.9 Å². The fourth-order valence-corrected chi connectivity index (χ4v) is 4.11. The lowest BCUT2D eigenvalue weighted by atomic mass is 9.95. The van der Waals surface area contributed by atoms with Gasteiger partial charge in [0.2, 0.25) is 0 Å². The Balaban J connectivity index is 2.01. The molecule has 0 radical (unpaired) electrons. The van der Waals surface area contributed by atoms with Crippen molar-refractivity contribution in [3.8, 4) is 16.9 Å². The summed E-state index contributed by atoms with van der Waals surface area (Å²) in [5.74, 6) is -0.0588. The van der Waals surface area contributed by atoms with E-state index >= 15 is 0 Å². The van der Waals surface area contributed by atoms with Gasteiger partial charge in [0.25, 0.3) is 5.56 Å². The molecule has 4 rings (SSSR count). The molecule has 0 saturated heterocycles. The minimum absolute atomic E-state index is 0.0235. The van der Waals surface area contributed by atoms with E-state index in [4.69, 9.17) is 16.3 Å². The molecule has 1 aromatic carbocycles. The highest BCUT2D eigenvalue weighted by atomic mass is 35.5. The Morgan fingerprint density at radius 1 is 1.14 bits per heavy atom. The van der Waals surface area contributed by atoms with E-state index < -0.39 is 17.4 Å². The number of aliphatic hydroxyl groups is 1. The fourth-order valence-electron chi connectivity index (χ4n) is 3.99. The first-order valence-corrected chi connectivity index (χ1v) is 11.5. The molecule has 0 aliphatic carbocycles. The number of nitrogens with zero attached hydrogens (tertiary/aromatic N) is 4. The number of aryl methyl sites for hydroxylation is 1. The molecular weight excluding hydrogens is 494 g/mol. The van der Waals surface area contributed by atoms with E-state index in [0.29, 0.717) is 34.3 Å². The van der Waals surface area contributed by atoms with Crippen LogP contribution < -0.4 is 16.0 Å². The van der Waals surface area contributed by atoms with Gasteiger partial charge in [-0.1, -0.05) is 23.7 Å². The number of halogens is 3. The number of aliphatic hydroxyl groups excluding tert-OH is 1. The maximum absolute atomic E-state index is 13.6. The third-order valence-corrected chi connectivity index (χ3v) is 5.81. The molecule has 0 bridgehead atoms. The van der Waals surface area contributed by atoms with Crippen molar-refractivity contribution in [3.63, 3.8) is 0 Å². The summed E-state index contributed by atoms with van der Waals surface area (Å²) in [5, 5.41) is 9.88. The Kier molecular flexibility index (Phi) is 7.18. The highest BCUT2D eigenvalue weighted by Gasteiger charge is 2.24. The molecule has 188 valence electrons. The van der Waals surface area contributed by atoms with Crippen molar-refractivity contribution in [2.45, 2.75) is 32.4 Å². The first-order chi connectivity index (χ1) is 17.1. The van der Waals surface area contributed by atoms with E-state index in [1.807, 2.05) is 0 Å². The highest BCUT2D eigenvalue weighted by molar-refractivity contribution is 6.30. The quantitative estimate of drug-likeness (QED) is 0.383. The number of fused-ring (bicyclic) bond motifs is 1. The van der Waals surface area contributed by atoms with E-state index in [1.165, 1.54) is 36.1 Å². The molecule has 8 nitrogen and oxygen atoms in total. The summed E-state index contributed by atoms with van der Waals surface area (Å²) in [6.45, 7) is 0.474. The van der Waals surface area contributed by atoms with Gasteiger partial charge < -0.3 is 9.84 Å². The minimum atomic E-state index is -3.38. The molecule has 36 heavy (non-hydrogen) atoms. The number of hydrogen-bond acceptors (Lipinski definition) is 6. The molecule has 0 aliphatic rings. The van der Waals surface area contributed by atoms with Gasteiger partial charge in [0, 0.05) is 57.2 Å². The Labute approximate surface area is 209 Å². The number of benzene rings is 1. The lowest BCUT2D eigenvalue weighted by Crippen LogP contribution is -2.40. The fraction of sp³-hybridized carbons (Fsp3) is 0.280. The number of hydrogen-bond donors (Lipinski definition) is 1. The Morgan fingerprint density at radius 2 is 1.92 bits per heavy atom. The van der Waals surface area contributed by atoms with Crippen LogP contribution in [0.1, 0.15) is 24.6 Å². The number of alkyl halides is 2. The SMILES string of the molecule is Cn1c(=O)n(CCCO)c(=O)c2c(Cc3ccc(Cl)cn3)c(-c3cccc(OC(C)(F)F)c3)cnc21. The highest BCUT2D eigenvalue weighted by Crippen LogP contribution is 2.32. The van der Waals surface area contributed by atoms with Gasteiger partial charge in [-0.15, -0.1) is 0 Å². The van der Waals surface area contributed by atoms with E-state index in [9.17, 15) is 23.5 Å². The lowest BCUT2D eigenvalue weighted by molar-refractivity contribution is -0.158. The van der Waals surface area contributed by atoms with Crippen LogP contribution in [0.5, 0.6) is 5.75 Å². The van der Waals surface area contributed by atoms with Gasteiger partial charge >= 0.3 is 11.8 Å². The molecule has 0 unspecified atom stereocenters. The maximum Gasteiger partial charge on any atom is 0.394 e. The van der Waals surface area contributed by atoms with Gasteiger partial charge in [-0.2, -0.15) is 8.78 Å². The van der Waals surface area contributed by atoms with Crippen molar-refractivity contribution in [2.24, 2.45) is 7.05 Å². The summed E-state index contributed by atoms with van der Waals surface area (Å²) in [4.78, 5) is 35.1. The molecule has 3 heterocycles. The van der Waals surface area contributed by atoms with Crippen molar-refractivity contribution in [1.82, 2.24) is 19.1 Å². The summed E-state index contributed by atoms with van der Waals surface area (Å²) >= 11 is 5.98. The van der Waals surface area contributed by atoms with Crippen molar-refractivity contribution in [2.75, 3.05) is 6.61 Å². The zero-order valence-electron chi connectivity index (χ0n) is 19.5. The zero-order valence-corrected chi connectivity index (χ0v) is 20.3. The summed E-state index contributed by atoms with van der Waals surface area (Å²) in [6.07, 6.45) is -0.0176. The van der Waals surface area contributed by atoms with Crippen molar-refractivity contribution >= 4 is 22.6 Å². The first-order valence-electron chi connectivity index (χ1n) is 11.1. The van der Waals surface area contributed by atoms with E-state index in [1.54, 1.807) is 24.3 Å². The third kappa shape index (κ3) is 5.29. The molecule has 0 fully saturated rings. The molecule has 11 heteroatoms. The second kappa shape index (κ2) is 10.2. The summed E-state index contributed by atoms with van der Waals surface area (Å²) < 4.78 is 34.0.